The number of rotatable bonds is 9. The number of alkyl carbamates (subject to hydrolysis) is 1. The van der Waals surface area contributed by atoms with Gasteiger partial charge in [0.1, 0.15) is 18.2 Å². The monoisotopic (exact) mass is 693 g/mol. The van der Waals surface area contributed by atoms with Crippen LogP contribution in [0.5, 0.6) is 0 Å². The number of hydrogen-bond donors (Lipinski definition) is 3. The van der Waals surface area contributed by atoms with E-state index in [2.05, 4.69) is 37.4 Å². The lowest BCUT2D eigenvalue weighted by Crippen LogP contribution is -2.46. The molecule has 0 atom stereocenters. The molecule has 0 aliphatic carbocycles. The number of likely N-dealkylation sites (tertiary alicyclic amines) is 1. The van der Waals surface area contributed by atoms with Gasteiger partial charge in [0.25, 0.3) is 5.56 Å². The van der Waals surface area contributed by atoms with Gasteiger partial charge in [-0.05, 0) is 77.5 Å². The third kappa shape index (κ3) is 13.6. The molecule has 2 aliphatic heterocycles. The fraction of sp³-hybridized carbons (Fsp3) is 0.541. The Hall–Kier alpha value is -4.17. The van der Waals surface area contributed by atoms with Crippen LogP contribution in [0, 0.1) is 0 Å². The number of anilines is 1. The van der Waals surface area contributed by atoms with Gasteiger partial charge in [0.2, 0.25) is 0 Å². The highest BCUT2D eigenvalue weighted by Gasteiger charge is 2.32. The van der Waals surface area contributed by atoms with E-state index in [0.29, 0.717) is 48.8 Å². The van der Waals surface area contributed by atoms with Gasteiger partial charge in [-0.1, -0.05) is 18.2 Å². The molecule has 2 fully saturated rings. The Bertz CT molecular complexity index is 1590. The predicted molar refractivity (Wildman–Crippen MR) is 197 cm³/mol. The molecule has 5 rings (SSSR count). The van der Waals surface area contributed by atoms with Crippen molar-refractivity contribution in [2.75, 3.05) is 72.3 Å². The van der Waals surface area contributed by atoms with Crippen LogP contribution in [-0.2, 0) is 22.6 Å². The van der Waals surface area contributed by atoms with Gasteiger partial charge in [-0.3, -0.25) is 14.2 Å². The minimum Gasteiger partial charge on any atom is -0.444 e. The van der Waals surface area contributed by atoms with Gasteiger partial charge in [-0.2, -0.15) is 0 Å². The van der Waals surface area contributed by atoms with Gasteiger partial charge < -0.3 is 40.0 Å². The topological polar surface area (TPSA) is 149 Å². The zero-order valence-electron chi connectivity index (χ0n) is 30.5. The normalized spacial score (nSPS) is 16.6. The summed E-state index contributed by atoms with van der Waals surface area (Å²) in [5, 5.41) is 16.9. The quantitative estimate of drug-likeness (QED) is 0.284. The number of hydrogen-bond acceptors (Lipinski definition) is 11. The number of piperidine rings is 1. The molecule has 3 N–H and O–H groups in total. The average molecular weight is 694 g/mol. The lowest BCUT2D eigenvalue weighted by molar-refractivity contribution is -0.108. The number of nitrogens with zero attached hydrogens (tertiary/aromatic N) is 5. The summed E-state index contributed by atoms with van der Waals surface area (Å²) >= 11 is 0. The van der Waals surface area contributed by atoms with Gasteiger partial charge in [0.05, 0.1) is 29.4 Å². The third-order valence-electron chi connectivity index (χ3n) is 8.58. The minimum atomic E-state index is -0.823. The summed E-state index contributed by atoms with van der Waals surface area (Å²) in [4.78, 5) is 55.8. The first kappa shape index (κ1) is 40.3. The Morgan fingerprint density at radius 1 is 1.00 bits per heavy atom. The third-order valence-corrected chi connectivity index (χ3v) is 8.58. The Labute approximate surface area is 295 Å². The SMILES string of the molecule is CC(C)(C)OC(=O)NCc1cccc(C=O)c1.CN1CCN(CCC=O)CC1.CNc1ccc2c(=O)n(CC3(O)CCN(C)CC3)cnc2c1. The predicted octanol–water partition coefficient (Wildman–Crippen LogP) is 3.24. The standard InChI is InChI=1S/C16H22N4O2.C13H17NO3.C8H16N2O/c1-17-12-3-4-13-14(9-12)18-11-20(15(13)21)10-16(22)5-7-19(2)8-6-16;1-13(2,3)17-12(16)14-8-10-5-4-6-11(7-10)9-15;1-9-4-6-10(7-5-9)3-2-8-11/h3-4,9,11,17,22H,5-8,10H2,1-2H3;4-7,9H,8H2,1-3H3,(H,14,16);8H,2-7H2,1H3. The number of benzene rings is 2. The van der Waals surface area contributed by atoms with Crippen molar-refractivity contribution < 1.29 is 24.2 Å². The number of nitrogens with one attached hydrogen (secondary N) is 2. The van der Waals surface area contributed by atoms with Crippen LogP contribution in [0.4, 0.5) is 10.5 Å². The van der Waals surface area contributed by atoms with Crippen molar-refractivity contribution >= 4 is 35.3 Å². The maximum Gasteiger partial charge on any atom is 0.407 e. The summed E-state index contributed by atoms with van der Waals surface area (Å²) in [6.45, 7) is 13.2. The molecular weight excluding hydrogens is 638 g/mol. The second kappa shape index (κ2) is 19.3. The van der Waals surface area contributed by atoms with Crippen LogP contribution >= 0.6 is 0 Å². The van der Waals surface area contributed by atoms with Crippen LogP contribution in [-0.4, -0.2) is 126 Å². The largest absolute Gasteiger partial charge is 0.444 e. The lowest BCUT2D eigenvalue weighted by atomic mass is 9.91. The zero-order valence-corrected chi connectivity index (χ0v) is 30.5. The highest BCUT2D eigenvalue weighted by molar-refractivity contribution is 5.81. The number of likely N-dealkylation sites (N-methyl/N-ethyl adjacent to an activating group) is 1. The number of aromatic nitrogens is 2. The molecule has 2 aliphatic rings. The average Bonchev–Trinajstić information content (AvgIpc) is 3.09. The fourth-order valence-electron chi connectivity index (χ4n) is 5.51. The second-order valence-corrected chi connectivity index (χ2v) is 14.0. The van der Waals surface area contributed by atoms with Crippen molar-refractivity contribution in [2.45, 2.75) is 64.3 Å². The Kier molecular flexibility index (Phi) is 15.5. The minimum absolute atomic E-state index is 0.0972. The van der Waals surface area contributed by atoms with E-state index < -0.39 is 17.3 Å². The van der Waals surface area contributed by atoms with Crippen molar-refractivity contribution in [1.82, 2.24) is 29.6 Å². The molecule has 274 valence electrons. The molecule has 1 amide bonds. The Morgan fingerprint density at radius 2 is 1.68 bits per heavy atom. The van der Waals surface area contributed by atoms with Crippen molar-refractivity contribution in [1.29, 1.82) is 0 Å². The number of carbonyl (C=O) groups is 3. The number of amides is 1. The molecule has 3 heterocycles. The Morgan fingerprint density at radius 3 is 2.30 bits per heavy atom. The van der Waals surface area contributed by atoms with Gasteiger partial charge in [0, 0.05) is 77.1 Å². The summed E-state index contributed by atoms with van der Waals surface area (Å²) in [6, 6.07) is 12.5. The highest BCUT2D eigenvalue weighted by atomic mass is 16.6. The molecule has 13 heteroatoms. The summed E-state index contributed by atoms with van der Waals surface area (Å²) in [6.07, 6.45) is 4.88. The molecular formula is C37H55N7O6. The van der Waals surface area contributed by atoms with Gasteiger partial charge in [-0.15, -0.1) is 0 Å². The van der Waals surface area contributed by atoms with Gasteiger partial charge >= 0.3 is 6.09 Å². The molecule has 0 radical (unpaired) electrons. The second-order valence-electron chi connectivity index (χ2n) is 14.0. The van der Waals surface area contributed by atoms with Crippen LogP contribution in [0.2, 0.25) is 0 Å². The van der Waals surface area contributed by atoms with Crippen molar-refractivity contribution in [3.8, 4) is 0 Å². The lowest BCUT2D eigenvalue weighted by Gasteiger charge is -2.36. The van der Waals surface area contributed by atoms with E-state index in [-0.39, 0.29) is 5.56 Å². The van der Waals surface area contributed by atoms with E-state index in [0.717, 1.165) is 69.6 Å². The molecule has 3 aromatic rings. The molecule has 0 unspecified atom stereocenters. The fourth-order valence-corrected chi connectivity index (χ4v) is 5.51. The number of aliphatic hydroxyl groups is 1. The molecule has 0 saturated carbocycles. The molecule has 1 aromatic heterocycles. The van der Waals surface area contributed by atoms with Crippen LogP contribution in [0.25, 0.3) is 10.9 Å². The summed E-state index contributed by atoms with van der Waals surface area (Å²) in [7, 11) is 6.01. The number of aldehydes is 2. The number of piperazine rings is 1. The van der Waals surface area contributed by atoms with Crippen LogP contribution in [0.15, 0.2) is 53.6 Å². The van der Waals surface area contributed by atoms with Crippen molar-refractivity contribution in [2.24, 2.45) is 0 Å². The maximum absolute atomic E-state index is 12.6. The van der Waals surface area contributed by atoms with Crippen molar-refractivity contribution in [3.05, 3.63) is 70.3 Å². The molecule has 2 aromatic carbocycles. The number of ether oxygens (including phenoxy) is 1. The smallest absolute Gasteiger partial charge is 0.407 e. The van der Waals surface area contributed by atoms with Crippen molar-refractivity contribution in [3.63, 3.8) is 0 Å². The zero-order chi connectivity index (χ0) is 36.7. The van der Waals surface area contributed by atoms with E-state index in [1.165, 1.54) is 4.57 Å². The molecule has 50 heavy (non-hydrogen) atoms. The molecule has 13 nitrogen and oxygen atoms in total. The molecule has 0 spiro atoms. The number of carbonyl (C=O) groups excluding carboxylic acids is 3. The summed E-state index contributed by atoms with van der Waals surface area (Å²) in [5.41, 5.74) is 1.62. The number of fused-ring (bicyclic) bond motifs is 1. The first-order valence-corrected chi connectivity index (χ1v) is 17.2. The van der Waals surface area contributed by atoms with E-state index in [9.17, 15) is 24.3 Å². The van der Waals surface area contributed by atoms with Crippen LogP contribution < -0.4 is 16.2 Å². The van der Waals surface area contributed by atoms with Crippen LogP contribution in [0.3, 0.4) is 0 Å². The van der Waals surface area contributed by atoms with E-state index >= 15 is 0 Å². The van der Waals surface area contributed by atoms with Gasteiger partial charge in [0.15, 0.2) is 0 Å². The summed E-state index contributed by atoms with van der Waals surface area (Å²) < 4.78 is 6.63. The highest BCUT2D eigenvalue weighted by Crippen LogP contribution is 2.23. The molecule has 2 saturated heterocycles. The Balaban J connectivity index is 0.000000215. The summed E-state index contributed by atoms with van der Waals surface area (Å²) in [5.74, 6) is 0. The van der Waals surface area contributed by atoms with Crippen LogP contribution in [0.1, 0.15) is 56.0 Å². The first-order chi connectivity index (χ1) is 23.7. The van der Waals surface area contributed by atoms with Gasteiger partial charge in [-0.25, -0.2) is 9.78 Å². The van der Waals surface area contributed by atoms with E-state index in [4.69, 9.17) is 4.74 Å². The van der Waals surface area contributed by atoms with E-state index in [1.807, 2.05) is 32.3 Å². The first-order valence-electron chi connectivity index (χ1n) is 17.2. The maximum atomic E-state index is 12.6. The molecule has 0 bridgehead atoms. The van der Waals surface area contributed by atoms with E-state index in [1.54, 1.807) is 51.4 Å².